The highest BCUT2D eigenvalue weighted by atomic mass is 16.3. The van der Waals surface area contributed by atoms with Crippen LogP contribution in [0, 0.1) is 17.8 Å². The van der Waals surface area contributed by atoms with Crippen LogP contribution in [0.1, 0.15) is 38.2 Å². The highest BCUT2D eigenvalue weighted by molar-refractivity contribution is 5.92. The third kappa shape index (κ3) is 3.13. The summed E-state index contributed by atoms with van der Waals surface area (Å²) in [4.78, 5) is 24.7. The summed E-state index contributed by atoms with van der Waals surface area (Å²) in [5.74, 6) is 2.09. The first kappa shape index (κ1) is 16.1. The minimum atomic E-state index is -0.150. The normalized spacial score (nSPS) is 26.4. The molecule has 2 bridgehead atoms. The number of carbonyl (C=O) groups excluding carboxylic acids is 1. The lowest BCUT2D eigenvalue weighted by Gasteiger charge is -2.28. The molecule has 2 saturated carbocycles. The van der Waals surface area contributed by atoms with Crippen molar-refractivity contribution >= 4 is 23.0 Å². The van der Waals surface area contributed by atoms with Crippen molar-refractivity contribution < 1.29 is 9.21 Å². The number of rotatable bonds is 4. The van der Waals surface area contributed by atoms with E-state index in [-0.39, 0.29) is 17.4 Å². The van der Waals surface area contributed by atoms with Crippen LogP contribution in [-0.4, -0.2) is 11.9 Å². The van der Waals surface area contributed by atoms with Crippen LogP contribution >= 0.6 is 0 Å². The SMILES string of the molecule is CC(NC(=O)/C=C/c1coc2ccccc2c1=O)C1CC2CCC1C2. The molecule has 0 spiro atoms. The Morgan fingerprint density at radius 1 is 1.28 bits per heavy atom. The highest BCUT2D eigenvalue weighted by Crippen LogP contribution is 2.49. The van der Waals surface area contributed by atoms with Gasteiger partial charge in [-0.15, -0.1) is 0 Å². The van der Waals surface area contributed by atoms with E-state index in [0.29, 0.717) is 22.5 Å². The molecule has 1 heterocycles. The molecule has 4 heteroatoms. The zero-order chi connectivity index (χ0) is 17.4. The van der Waals surface area contributed by atoms with Gasteiger partial charge < -0.3 is 9.73 Å². The predicted molar refractivity (Wildman–Crippen MR) is 98.1 cm³/mol. The Hall–Kier alpha value is -2.36. The van der Waals surface area contributed by atoms with Gasteiger partial charge in [0.1, 0.15) is 11.8 Å². The average molecular weight is 337 g/mol. The Kier molecular flexibility index (Phi) is 4.20. The van der Waals surface area contributed by atoms with E-state index < -0.39 is 0 Å². The van der Waals surface area contributed by atoms with Gasteiger partial charge in [0.05, 0.1) is 10.9 Å². The number of nitrogens with one attached hydrogen (secondary N) is 1. The minimum absolute atomic E-state index is 0.118. The van der Waals surface area contributed by atoms with E-state index >= 15 is 0 Å². The van der Waals surface area contributed by atoms with E-state index in [1.54, 1.807) is 24.3 Å². The summed E-state index contributed by atoms with van der Waals surface area (Å²) < 4.78 is 5.47. The lowest BCUT2D eigenvalue weighted by Crippen LogP contribution is -2.39. The van der Waals surface area contributed by atoms with Crippen LogP contribution in [-0.2, 0) is 4.79 Å². The Morgan fingerprint density at radius 3 is 2.88 bits per heavy atom. The quantitative estimate of drug-likeness (QED) is 0.865. The first-order valence-electron chi connectivity index (χ1n) is 9.11. The van der Waals surface area contributed by atoms with Crippen LogP contribution in [0.25, 0.3) is 17.0 Å². The number of benzene rings is 1. The number of carbonyl (C=O) groups is 1. The van der Waals surface area contributed by atoms with Gasteiger partial charge in [0, 0.05) is 12.1 Å². The molecule has 4 rings (SSSR count). The lowest BCUT2D eigenvalue weighted by atomic mass is 9.84. The van der Waals surface area contributed by atoms with Crippen LogP contribution < -0.4 is 10.7 Å². The fraction of sp³-hybridized carbons (Fsp3) is 0.429. The number of hydrogen-bond donors (Lipinski definition) is 1. The minimum Gasteiger partial charge on any atom is -0.463 e. The molecular formula is C21H23NO3. The van der Waals surface area contributed by atoms with Crippen molar-refractivity contribution in [1.82, 2.24) is 5.32 Å². The third-order valence-corrected chi connectivity index (χ3v) is 5.93. The molecule has 2 fully saturated rings. The smallest absolute Gasteiger partial charge is 0.244 e. The topological polar surface area (TPSA) is 59.3 Å². The molecule has 1 amide bonds. The monoisotopic (exact) mass is 337 g/mol. The van der Waals surface area contributed by atoms with Crippen molar-refractivity contribution in [2.45, 2.75) is 38.6 Å². The second-order valence-electron chi connectivity index (χ2n) is 7.49. The molecule has 0 saturated heterocycles. The van der Waals surface area contributed by atoms with E-state index in [4.69, 9.17) is 4.42 Å². The molecule has 1 N–H and O–H groups in total. The molecule has 1 aromatic heterocycles. The van der Waals surface area contributed by atoms with E-state index in [9.17, 15) is 9.59 Å². The van der Waals surface area contributed by atoms with Crippen molar-refractivity contribution in [2.75, 3.05) is 0 Å². The van der Waals surface area contributed by atoms with Crippen LogP contribution in [0.3, 0.4) is 0 Å². The maximum absolute atomic E-state index is 12.4. The zero-order valence-corrected chi connectivity index (χ0v) is 14.4. The summed E-state index contributed by atoms with van der Waals surface area (Å²) in [6, 6.07) is 7.30. The van der Waals surface area contributed by atoms with E-state index in [2.05, 4.69) is 12.2 Å². The summed E-state index contributed by atoms with van der Waals surface area (Å²) in [5.41, 5.74) is 0.826. The highest BCUT2D eigenvalue weighted by Gasteiger charge is 2.41. The molecule has 2 aliphatic carbocycles. The van der Waals surface area contributed by atoms with Crippen molar-refractivity contribution in [1.29, 1.82) is 0 Å². The zero-order valence-electron chi connectivity index (χ0n) is 14.4. The first-order chi connectivity index (χ1) is 12.1. The Balaban J connectivity index is 1.44. The molecule has 2 aromatic rings. The summed E-state index contributed by atoms with van der Waals surface area (Å²) >= 11 is 0. The predicted octanol–water partition coefficient (Wildman–Crippen LogP) is 3.75. The number of amides is 1. The maximum Gasteiger partial charge on any atom is 0.244 e. The molecule has 4 nitrogen and oxygen atoms in total. The molecular weight excluding hydrogens is 314 g/mol. The summed E-state index contributed by atoms with van der Waals surface area (Å²) in [6.07, 6.45) is 9.63. The van der Waals surface area contributed by atoms with Gasteiger partial charge in [-0.1, -0.05) is 18.6 Å². The molecule has 4 atom stereocenters. The van der Waals surface area contributed by atoms with Crippen LogP contribution in [0.15, 0.2) is 45.8 Å². The molecule has 2 aliphatic rings. The standard InChI is InChI=1S/C21H23NO3/c1-13(18-11-14-6-7-15(18)10-14)22-20(23)9-8-16-12-25-19-5-3-2-4-17(19)21(16)24/h2-5,8-9,12-15,18H,6-7,10-11H2,1H3,(H,22,23)/b9-8+. The van der Waals surface area contributed by atoms with Gasteiger partial charge in [0.2, 0.25) is 5.91 Å². The summed E-state index contributed by atoms with van der Waals surface area (Å²) in [7, 11) is 0. The van der Waals surface area contributed by atoms with Crippen LogP contribution in [0.5, 0.6) is 0 Å². The molecule has 25 heavy (non-hydrogen) atoms. The van der Waals surface area contributed by atoms with Crippen LogP contribution in [0.4, 0.5) is 0 Å². The van der Waals surface area contributed by atoms with Gasteiger partial charge >= 0.3 is 0 Å². The molecule has 1 aromatic carbocycles. The fourth-order valence-electron chi connectivity index (χ4n) is 4.66. The van der Waals surface area contributed by atoms with Gasteiger partial charge in [-0.05, 0) is 62.1 Å². The second kappa shape index (κ2) is 6.51. The molecule has 130 valence electrons. The second-order valence-corrected chi connectivity index (χ2v) is 7.49. The Morgan fingerprint density at radius 2 is 2.12 bits per heavy atom. The van der Waals surface area contributed by atoms with Crippen molar-refractivity contribution in [3.8, 4) is 0 Å². The Bertz CT molecular complexity index is 882. The van der Waals surface area contributed by atoms with Gasteiger partial charge in [0.25, 0.3) is 0 Å². The van der Waals surface area contributed by atoms with Crippen molar-refractivity contribution in [3.63, 3.8) is 0 Å². The van der Waals surface area contributed by atoms with E-state index in [1.165, 1.54) is 38.0 Å². The molecule has 0 aliphatic heterocycles. The van der Waals surface area contributed by atoms with Gasteiger partial charge in [-0.2, -0.15) is 0 Å². The van der Waals surface area contributed by atoms with E-state index in [1.807, 2.05) is 6.07 Å². The van der Waals surface area contributed by atoms with E-state index in [0.717, 1.165) is 11.8 Å². The summed E-state index contributed by atoms with van der Waals surface area (Å²) in [5, 5.41) is 3.60. The van der Waals surface area contributed by atoms with Crippen LogP contribution in [0.2, 0.25) is 0 Å². The van der Waals surface area contributed by atoms with Gasteiger partial charge in [0.15, 0.2) is 5.43 Å². The Labute approximate surface area is 146 Å². The molecule has 4 unspecified atom stereocenters. The molecule has 0 radical (unpaired) electrons. The van der Waals surface area contributed by atoms with Crippen molar-refractivity contribution in [3.05, 3.63) is 52.4 Å². The largest absolute Gasteiger partial charge is 0.463 e. The van der Waals surface area contributed by atoms with Crippen molar-refractivity contribution in [2.24, 2.45) is 17.8 Å². The number of para-hydroxylation sites is 1. The first-order valence-corrected chi connectivity index (χ1v) is 9.11. The lowest BCUT2D eigenvalue weighted by molar-refractivity contribution is -0.117. The van der Waals surface area contributed by atoms with Gasteiger partial charge in [-0.3, -0.25) is 9.59 Å². The summed E-state index contributed by atoms with van der Waals surface area (Å²) in [6.45, 7) is 2.10. The number of fused-ring (bicyclic) bond motifs is 3. The average Bonchev–Trinajstić information content (AvgIpc) is 3.25. The van der Waals surface area contributed by atoms with Gasteiger partial charge in [-0.25, -0.2) is 0 Å². The number of hydrogen-bond acceptors (Lipinski definition) is 3. The maximum atomic E-state index is 12.4. The fourth-order valence-corrected chi connectivity index (χ4v) is 4.66. The third-order valence-electron chi connectivity index (χ3n) is 5.93.